The van der Waals surface area contributed by atoms with Crippen molar-refractivity contribution < 1.29 is 9.90 Å². The molecule has 1 saturated heterocycles. The lowest BCUT2D eigenvalue weighted by molar-refractivity contribution is -0.137. The molecule has 1 heterocycles. The Morgan fingerprint density at radius 1 is 1.38 bits per heavy atom. The van der Waals surface area contributed by atoms with Gasteiger partial charge < -0.3 is 10.4 Å². The van der Waals surface area contributed by atoms with E-state index in [4.69, 9.17) is 5.11 Å². The summed E-state index contributed by atoms with van der Waals surface area (Å²) in [6.07, 6.45) is 7.23. The molecule has 2 N–H and O–H groups in total. The summed E-state index contributed by atoms with van der Waals surface area (Å²) < 4.78 is 0. The van der Waals surface area contributed by atoms with Gasteiger partial charge in [-0.3, -0.25) is 4.79 Å². The number of unbranched alkanes of at least 4 members (excludes halogenated alkanes) is 2. The molecule has 1 aliphatic heterocycles. The smallest absolute Gasteiger partial charge is 0.303 e. The normalized spacial score (nSPS) is 22.0. The van der Waals surface area contributed by atoms with E-state index in [2.05, 4.69) is 5.32 Å². The maximum Gasteiger partial charge on any atom is 0.303 e. The highest BCUT2D eigenvalue weighted by molar-refractivity contribution is 5.66. The predicted molar refractivity (Wildman–Crippen MR) is 51.7 cm³/mol. The van der Waals surface area contributed by atoms with Gasteiger partial charge in [0.05, 0.1) is 0 Å². The van der Waals surface area contributed by atoms with Crippen LogP contribution in [0.25, 0.3) is 0 Å². The van der Waals surface area contributed by atoms with Crippen LogP contribution in [0.15, 0.2) is 0 Å². The molecule has 1 unspecified atom stereocenters. The maximum absolute atomic E-state index is 10.2. The molecule has 3 heteroatoms. The Bertz CT molecular complexity index is 153. The first kappa shape index (κ1) is 10.5. The molecule has 0 amide bonds. The zero-order valence-electron chi connectivity index (χ0n) is 8.09. The Hall–Kier alpha value is -0.570. The largest absolute Gasteiger partial charge is 0.481 e. The van der Waals surface area contributed by atoms with Gasteiger partial charge in [-0.05, 0) is 32.2 Å². The van der Waals surface area contributed by atoms with Crippen molar-refractivity contribution in [2.24, 2.45) is 0 Å². The fraction of sp³-hybridized carbons (Fsp3) is 0.900. The predicted octanol–water partition coefficient (Wildman–Crippen LogP) is 1.77. The van der Waals surface area contributed by atoms with E-state index >= 15 is 0 Å². The van der Waals surface area contributed by atoms with Gasteiger partial charge in [-0.25, -0.2) is 0 Å². The molecule has 76 valence electrons. The lowest BCUT2D eigenvalue weighted by Gasteiger charge is -2.08. The van der Waals surface area contributed by atoms with Crippen LogP contribution in [0.3, 0.4) is 0 Å². The first-order chi connectivity index (χ1) is 6.29. The van der Waals surface area contributed by atoms with Crippen LogP contribution in [-0.2, 0) is 4.79 Å². The summed E-state index contributed by atoms with van der Waals surface area (Å²) in [5.41, 5.74) is 0. The molecule has 0 aromatic heterocycles. The monoisotopic (exact) mass is 185 g/mol. The fourth-order valence-corrected chi connectivity index (χ4v) is 1.85. The van der Waals surface area contributed by atoms with E-state index in [1.807, 2.05) is 0 Å². The number of carboxylic acids is 1. The summed E-state index contributed by atoms with van der Waals surface area (Å²) in [7, 11) is 0. The maximum atomic E-state index is 10.2. The van der Waals surface area contributed by atoms with Crippen molar-refractivity contribution in [2.45, 2.75) is 51.0 Å². The number of hydrogen-bond acceptors (Lipinski definition) is 2. The van der Waals surface area contributed by atoms with E-state index in [0.717, 1.165) is 12.8 Å². The van der Waals surface area contributed by atoms with Gasteiger partial charge in [-0.15, -0.1) is 0 Å². The van der Waals surface area contributed by atoms with E-state index in [0.29, 0.717) is 12.5 Å². The second-order valence-corrected chi connectivity index (χ2v) is 3.79. The molecule has 0 aromatic rings. The second kappa shape index (κ2) is 5.97. The topological polar surface area (TPSA) is 49.3 Å². The molecule has 1 aliphatic rings. The molecule has 1 atom stereocenters. The van der Waals surface area contributed by atoms with Gasteiger partial charge in [0.1, 0.15) is 0 Å². The Morgan fingerprint density at radius 3 is 2.85 bits per heavy atom. The van der Waals surface area contributed by atoms with Crippen LogP contribution in [0.4, 0.5) is 0 Å². The van der Waals surface area contributed by atoms with Crippen LogP contribution in [0.1, 0.15) is 44.9 Å². The summed E-state index contributed by atoms with van der Waals surface area (Å²) in [4.78, 5) is 10.2. The Labute approximate surface area is 79.5 Å². The molecular formula is C10H19NO2. The first-order valence-corrected chi connectivity index (χ1v) is 5.24. The molecule has 1 fully saturated rings. The summed E-state index contributed by atoms with van der Waals surface area (Å²) in [5.74, 6) is -0.668. The molecule has 0 aromatic carbocycles. The van der Waals surface area contributed by atoms with Gasteiger partial charge in [0, 0.05) is 12.5 Å². The van der Waals surface area contributed by atoms with Crippen LogP contribution in [0.5, 0.6) is 0 Å². The van der Waals surface area contributed by atoms with Crippen LogP contribution in [0, 0.1) is 0 Å². The molecule has 0 radical (unpaired) electrons. The molecule has 1 rings (SSSR count). The Morgan fingerprint density at radius 2 is 2.23 bits per heavy atom. The molecule has 0 bridgehead atoms. The number of carbonyl (C=O) groups is 1. The second-order valence-electron chi connectivity index (χ2n) is 3.79. The summed E-state index contributed by atoms with van der Waals surface area (Å²) in [6, 6.07) is 0.713. The molecular weight excluding hydrogens is 166 g/mol. The quantitative estimate of drug-likeness (QED) is 0.620. The van der Waals surface area contributed by atoms with E-state index in [1.54, 1.807) is 0 Å². The summed E-state index contributed by atoms with van der Waals surface area (Å²) in [6.45, 7) is 1.17. The van der Waals surface area contributed by atoms with Gasteiger partial charge in [0.25, 0.3) is 0 Å². The average Bonchev–Trinajstić information content (AvgIpc) is 2.55. The van der Waals surface area contributed by atoms with E-state index in [1.165, 1.54) is 32.2 Å². The van der Waals surface area contributed by atoms with Crippen molar-refractivity contribution >= 4 is 5.97 Å². The highest BCUT2D eigenvalue weighted by atomic mass is 16.4. The first-order valence-electron chi connectivity index (χ1n) is 5.24. The minimum absolute atomic E-state index is 0.331. The van der Waals surface area contributed by atoms with Crippen molar-refractivity contribution in [1.82, 2.24) is 5.32 Å². The Balaban J connectivity index is 1.86. The standard InChI is InChI=1S/C10H19NO2/c12-10(13)7-3-1-2-5-9-6-4-8-11-9/h9,11H,1-8H2,(H,12,13). The van der Waals surface area contributed by atoms with Crippen molar-refractivity contribution in [3.63, 3.8) is 0 Å². The fourth-order valence-electron chi connectivity index (χ4n) is 1.85. The molecule has 0 spiro atoms. The zero-order chi connectivity index (χ0) is 9.52. The summed E-state index contributed by atoms with van der Waals surface area (Å²) in [5, 5.41) is 11.9. The van der Waals surface area contributed by atoms with Gasteiger partial charge in [0.2, 0.25) is 0 Å². The number of hydrogen-bond donors (Lipinski definition) is 2. The minimum atomic E-state index is -0.668. The van der Waals surface area contributed by atoms with Gasteiger partial charge in [0.15, 0.2) is 0 Å². The van der Waals surface area contributed by atoms with E-state index < -0.39 is 5.97 Å². The minimum Gasteiger partial charge on any atom is -0.481 e. The molecule has 0 aliphatic carbocycles. The molecule has 0 saturated carbocycles. The third kappa shape index (κ3) is 4.88. The van der Waals surface area contributed by atoms with E-state index in [9.17, 15) is 4.79 Å². The third-order valence-electron chi connectivity index (χ3n) is 2.61. The number of aliphatic carboxylic acids is 1. The lowest BCUT2D eigenvalue weighted by atomic mass is 10.1. The number of carboxylic acid groups (broad SMARTS) is 1. The highest BCUT2D eigenvalue weighted by Crippen LogP contribution is 2.13. The average molecular weight is 185 g/mol. The molecule has 13 heavy (non-hydrogen) atoms. The van der Waals surface area contributed by atoms with Gasteiger partial charge >= 0.3 is 5.97 Å². The zero-order valence-corrected chi connectivity index (χ0v) is 8.09. The van der Waals surface area contributed by atoms with Gasteiger partial charge in [-0.2, -0.15) is 0 Å². The van der Waals surface area contributed by atoms with Crippen molar-refractivity contribution in [1.29, 1.82) is 0 Å². The van der Waals surface area contributed by atoms with Crippen molar-refractivity contribution in [2.75, 3.05) is 6.54 Å². The SMILES string of the molecule is O=C(O)CCCCCC1CCCN1. The van der Waals surface area contributed by atoms with Crippen LogP contribution in [0.2, 0.25) is 0 Å². The lowest BCUT2D eigenvalue weighted by Crippen LogP contribution is -2.20. The third-order valence-corrected chi connectivity index (χ3v) is 2.61. The van der Waals surface area contributed by atoms with Gasteiger partial charge in [-0.1, -0.05) is 12.8 Å². The van der Waals surface area contributed by atoms with Crippen LogP contribution >= 0.6 is 0 Å². The number of rotatable bonds is 6. The van der Waals surface area contributed by atoms with Crippen LogP contribution < -0.4 is 5.32 Å². The summed E-state index contributed by atoms with van der Waals surface area (Å²) >= 11 is 0. The Kier molecular flexibility index (Phi) is 4.83. The van der Waals surface area contributed by atoms with Crippen molar-refractivity contribution in [3.05, 3.63) is 0 Å². The highest BCUT2D eigenvalue weighted by Gasteiger charge is 2.12. The van der Waals surface area contributed by atoms with Crippen molar-refractivity contribution in [3.8, 4) is 0 Å². The van der Waals surface area contributed by atoms with E-state index in [-0.39, 0.29) is 0 Å². The van der Waals surface area contributed by atoms with Crippen LogP contribution in [-0.4, -0.2) is 23.7 Å². The number of nitrogens with one attached hydrogen (secondary N) is 1. The molecule has 3 nitrogen and oxygen atoms in total.